The summed E-state index contributed by atoms with van der Waals surface area (Å²) in [7, 11) is 0. The number of hydrogen-bond acceptors (Lipinski definition) is 4. The van der Waals surface area contributed by atoms with Gasteiger partial charge in [-0.05, 0) is 35.7 Å². The molecule has 1 heterocycles. The van der Waals surface area contributed by atoms with E-state index in [-0.39, 0.29) is 30.6 Å². The van der Waals surface area contributed by atoms with Gasteiger partial charge >= 0.3 is 0 Å². The summed E-state index contributed by atoms with van der Waals surface area (Å²) in [5, 5.41) is 3.10. The quantitative estimate of drug-likeness (QED) is 0.550. The van der Waals surface area contributed by atoms with Crippen molar-refractivity contribution in [1.29, 1.82) is 0 Å². The van der Waals surface area contributed by atoms with Crippen LogP contribution in [0.1, 0.15) is 40.4 Å². The predicted octanol–water partition coefficient (Wildman–Crippen LogP) is 4.52. The molecule has 1 aliphatic heterocycles. The highest BCUT2D eigenvalue weighted by Gasteiger charge is 2.18. The third-order valence-electron chi connectivity index (χ3n) is 5.26. The summed E-state index contributed by atoms with van der Waals surface area (Å²) in [6, 6.07) is 25.0. The Morgan fingerprint density at radius 3 is 2.23 bits per heavy atom. The van der Waals surface area contributed by atoms with Crippen molar-refractivity contribution in [1.82, 2.24) is 5.32 Å². The Morgan fingerprint density at radius 2 is 1.48 bits per heavy atom. The van der Waals surface area contributed by atoms with E-state index < -0.39 is 0 Å². The number of nitrogens with one attached hydrogen (secondary N) is 1. The molecule has 5 heteroatoms. The Morgan fingerprint density at radius 1 is 0.806 bits per heavy atom. The molecule has 1 atom stereocenters. The number of ether oxygens (including phenoxy) is 2. The first-order chi connectivity index (χ1) is 15.2. The SMILES string of the molecule is O=C(CCC(=O)c1ccc2c(c1)OCCO2)NC(Cc1ccccc1)c1ccccc1. The molecule has 3 aromatic carbocycles. The van der Waals surface area contributed by atoms with Gasteiger partial charge < -0.3 is 14.8 Å². The van der Waals surface area contributed by atoms with E-state index in [0.29, 0.717) is 36.7 Å². The lowest BCUT2D eigenvalue weighted by molar-refractivity contribution is -0.121. The molecule has 158 valence electrons. The summed E-state index contributed by atoms with van der Waals surface area (Å²) in [6.07, 6.45) is 0.955. The fourth-order valence-electron chi connectivity index (χ4n) is 3.64. The highest BCUT2D eigenvalue weighted by Crippen LogP contribution is 2.31. The molecule has 3 aromatic rings. The van der Waals surface area contributed by atoms with Crippen LogP contribution in [-0.2, 0) is 11.2 Å². The molecular formula is C26H25NO4. The first kappa shape index (κ1) is 20.7. The molecular weight excluding hydrogens is 390 g/mol. The van der Waals surface area contributed by atoms with Crippen molar-refractivity contribution < 1.29 is 19.1 Å². The monoisotopic (exact) mass is 415 g/mol. The minimum atomic E-state index is -0.152. The smallest absolute Gasteiger partial charge is 0.220 e. The van der Waals surface area contributed by atoms with Gasteiger partial charge in [0.05, 0.1) is 6.04 Å². The lowest BCUT2D eigenvalue weighted by Crippen LogP contribution is -2.30. The van der Waals surface area contributed by atoms with E-state index in [1.54, 1.807) is 18.2 Å². The molecule has 0 radical (unpaired) electrons. The molecule has 0 saturated carbocycles. The van der Waals surface area contributed by atoms with Gasteiger partial charge in [0.1, 0.15) is 13.2 Å². The van der Waals surface area contributed by atoms with Crippen molar-refractivity contribution in [2.75, 3.05) is 13.2 Å². The molecule has 1 N–H and O–H groups in total. The average Bonchev–Trinajstić information content (AvgIpc) is 2.83. The molecule has 0 spiro atoms. The topological polar surface area (TPSA) is 64.6 Å². The maximum Gasteiger partial charge on any atom is 0.220 e. The number of benzene rings is 3. The second-order valence-electron chi connectivity index (χ2n) is 7.50. The second-order valence-corrected chi connectivity index (χ2v) is 7.50. The van der Waals surface area contributed by atoms with E-state index in [2.05, 4.69) is 5.32 Å². The Balaban J connectivity index is 1.38. The van der Waals surface area contributed by atoms with Crippen LogP contribution in [0.4, 0.5) is 0 Å². The van der Waals surface area contributed by atoms with Crippen LogP contribution >= 0.6 is 0 Å². The van der Waals surface area contributed by atoms with Crippen molar-refractivity contribution in [2.24, 2.45) is 0 Å². The van der Waals surface area contributed by atoms with Crippen LogP contribution < -0.4 is 14.8 Å². The van der Waals surface area contributed by atoms with Crippen molar-refractivity contribution in [2.45, 2.75) is 25.3 Å². The summed E-state index contributed by atoms with van der Waals surface area (Å²) in [5.74, 6) is 0.989. The number of amides is 1. The number of rotatable bonds is 8. The first-order valence-electron chi connectivity index (χ1n) is 10.5. The van der Waals surface area contributed by atoms with Crippen LogP contribution in [-0.4, -0.2) is 24.9 Å². The minimum Gasteiger partial charge on any atom is -0.486 e. The maximum atomic E-state index is 12.7. The summed E-state index contributed by atoms with van der Waals surface area (Å²) in [6.45, 7) is 0.974. The molecule has 5 nitrogen and oxygen atoms in total. The van der Waals surface area contributed by atoms with Crippen LogP contribution in [0.2, 0.25) is 0 Å². The molecule has 0 saturated heterocycles. The highest BCUT2D eigenvalue weighted by molar-refractivity contribution is 5.98. The number of ketones is 1. The van der Waals surface area contributed by atoms with Gasteiger partial charge in [-0.15, -0.1) is 0 Å². The van der Waals surface area contributed by atoms with Crippen LogP contribution in [0.15, 0.2) is 78.9 Å². The van der Waals surface area contributed by atoms with Crippen LogP contribution in [0, 0.1) is 0 Å². The van der Waals surface area contributed by atoms with Gasteiger partial charge in [0.25, 0.3) is 0 Å². The van der Waals surface area contributed by atoms with Gasteiger partial charge in [-0.1, -0.05) is 60.7 Å². The molecule has 1 unspecified atom stereocenters. The van der Waals surface area contributed by atoms with E-state index in [4.69, 9.17) is 9.47 Å². The van der Waals surface area contributed by atoms with Gasteiger partial charge in [0, 0.05) is 18.4 Å². The fourth-order valence-corrected chi connectivity index (χ4v) is 3.64. The molecule has 0 fully saturated rings. The summed E-state index contributed by atoms with van der Waals surface area (Å²) in [4.78, 5) is 25.3. The van der Waals surface area contributed by atoms with Crippen molar-refractivity contribution in [3.8, 4) is 11.5 Å². The van der Waals surface area contributed by atoms with E-state index in [1.165, 1.54) is 0 Å². The third kappa shape index (κ3) is 5.51. The molecule has 1 aliphatic rings. The molecule has 31 heavy (non-hydrogen) atoms. The lowest BCUT2D eigenvalue weighted by Gasteiger charge is -2.20. The molecule has 4 rings (SSSR count). The highest BCUT2D eigenvalue weighted by atomic mass is 16.6. The Hall–Kier alpha value is -3.60. The zero-order chi connectivity index (χ0) is 21.5. The normalized spacial score (nSPS) is 13.3. The maximum absolute atomic E-state index is 12.7. The molecule has 0 aliphatic carbocycles. The lowest BCUT2D eigenvalue weighted by atomic mass is 9.98. The van der Waals surface area contributed by atoms with E-state index in [9.17, 15) is 9.59 Å². The number of carbonyl (C=O) groups is 2. The molecule has 1 amide bonds. The molecule has 0 aromatic heterocycles. The number of carbonyl (C=O) groups excluding carboxylic acids is 2. The largest absolute Gasteiger partial charge is 0.486 e. The van der Waals surface area contributed by atoms with E-state index >= 15 is 0 Å². The minimum absolute atomic E-state index is 0.0913. The Kier molecular flexibility index (Phi) is 6.62. The molecule has 0 bridgehead atoms. The standard InChI is InChI=1S/C26H25NO4/c28-23(21-11-13-24-25(18-21)31-16-15-30-24)12-14-26(29)27-22(20-9-5-2-6-10-20)17-19-7-3-1-4-8-19/h1-11,13,18,22H,12,14-17H2,(H,27,29). The van der Waals surface area contributed by atoms with Crippen LogP contribution in [0.3, 0.4) is 0 Å². The van der Waals surface area contributed by atoms with Gasteiger partial charge in [-0.25, -0.2) is 0 Å². The number of hydrogen-bond donors (Lipinski definition) is 1. The fraction of sp³-hybridized carbons (Fsp3) is 0.231. The van der Waals surface area contributed by atoms with Gasteiger partial charge in [-0.3, -0.25) is 9.59 Å². The van der Waals surface area contributed by atoms with Gasteiger partial charge in [-0.2, -0.15) is 0 Å². The van der Waals surface area contributed by atoms with Crippen molar-refractivity contribution in [3.63, 3.8) is 0 Å². The summed E-state index contributed by atoms with van der Waals surface area (Å²) in [5.41, 5.74) is 2.71. The predicted molar refractivity (Wildman–Crippen MR) is 118 cm³/mol. The number of fused-ring (bicyclic) bond motifs is 1. The van der Waals surface area contributed by atoms with Gasteiger partial charge in [0.15, 0.2) is 17.3 Å². The van der Waals surface area contributed by atoms with Crippen LogP contribution in [0.5, 0.6) is 11.5 Å². The summed E-state index contributed by atoms with van der Waals surface area (Å²) >= 11 is 0. The average molecular weight is 415 g/mol. The Bertz CT molecular complexity index is 1030. The van der Waals surface area contributed by atoms with Crippen molar-refractivity contribution >= 4 is 11.7 Å². The Labute approximate surface area is 182 Å². The van der Waals surface area contributed by atoms with Crippen LogP contribution in [0.25, 0.3) is 0 Å². The zero-order valence-corrected chi connectivity index (χ0v) is 17.3. The van der Waals surface area contributed by atoms with E-state index in [0.717, 1.165) is 11.1 Å². The zero-order valence-electron chi connectivity index (χ0n) is 17.3. The summed E-state index contributed by atoms with van der Waals surface area (Å²) < 4.78 is 11.0. The van der Waals surface area contributed by atoms with Crippen molar-refractivity contribution in [3.05, 3.63) is 95.6 Å². The van der Waals surface area contributed by atoms with Gasteiger partial charge in [0.2, 0.25) is 5.91 Å². The number of Topliss-reactive ketones (excluding diaryl/α,β-unsaturated/α-hetero) is 1. The third-order valence-corrected chi connectivity index (χ3v) is 5.26. The first-order valence-corrected chi connectivity index (χ1v) is 10.5. The second kappa shape index (κ2) is 9.94. The van der Waals surface area contributed by atoms with E-state index in [1.807, 2.05) is 60.7 Å².